The number of benzene rings is 1. The van der Waals surface area contributed by atoms with E-state index in [1.165, 1.54) is 23.5 Å². The molecule has 0 aliphatic carbocycles. The number of hydrogen-bond acceptors (Lipinski definition) is 5. The monoisotopic (exact) mass is 350 g/mol. The van der Waals surface area contributed by atoms with Gasteiger partial charge >= 0.3 is 12.1 Å². The van der Waals surface area contributed by atoms with Gasteiger partial charge in [0.25, 0.3) is 0 Å². The Balaban J connectivity index is 1.49. The lowest BCUT2D eigenvalue weighted by Crippen LogP contribution is -2.28. The van der Waals surface area contributed by atoms with Crippen LogP contribution in [0.15, 0.2) is 29.6 Å². The molecule has 2 N–H and O–H groups in total. The van der Waals surface area contributed by atoms with Gasteiger partial charge < -0.3 is 10.1 Å². The molecule has 1 aromatic carbocycles. The van der Waals surface area contributed by atoms with Crippen LogP contribution in [0.3, 0.4) is 0 Å². The molecule has 3 rings (SSSR count). The maximum atomic E-state index is 13.1. The first-order chi connectivity index (χ1) is 11.6. The number of ether oxygens (including phenoxy) is 1. The van der Waals surface area contributed by atoms with Gasteiger partial charge in [-0.2, -0.15) is 0 Å². The van der Waals surface area contributed by atoms with Crippen molar-refractivity contribution in [3.63, 3.8) is 0 Å². The van der Waals surface area contributed by atoms with Crippen molar-refractivity contribution in [2.24, 2.45) is 0 Å². The number of halogens is 1. The Morgan fingerprint density at radius 3 is 3.08 bits per heavy atom. The van der Waals surface area contributed by atoms with Crippen molar-refractivity contribution in [1.82, 2.24) is 15.2 Å². The summed E-state index contributed by atoms with van der Waals surface area (Å²) in [5.41, 5.74) is 1.34. The van der Waals surface area contributed by atoms with E-state index in [1.54, 1.807) is 22.4 Å². The van der Waals surface area contributed by atoms with Crippen LogP contribution in [0.4, 0.5) is 19.1 Å². The van der Waals surface area contributed by atoms with E-state index in [0.29, 0.717) is 36.1 Å². The van der Waals surface area contributed by atoms with Crippen LogP contribution >= 0.6 is 11.3 Å². The van der Waals surface area contributed by atoms with Crippen molar-refractivity contribution in [3.8, 4) is 0 Å². The van der Waals surface area contributed by atoms with Gasteiger partial charge in [0.15, 0.2) is 5.13 Å². The largest absolute Gasteiger partial charge is 0.448 e. The standard InChI is InChI=1S/C15H15FN4O3S/c16-11-3-1-2-10(6-11)7-17-13(21)19-14-18-12(9-24-14)8-20-4-5-23-15(20)22/h1-3,6,9H,4-5,7-8H2,(H2,17,18,19,21). The number of nitrogens with zero attached hydrogens (tertiary/aromatic N) is 2. The maximum Gasteiger partial charge on any atom is 0.410 e. The Labute approximate surface area is 141 Å². The molecule has 7 nitrogen and oxygen atoms in total. The molecule has 2 heterocycles. The zero-order valence-electron chi connectivity index (χ0n) is 12.6. The number of aromatic nitrogens is 1. The lowest BCUT2D eigenvalue weighted by Gasteiger charge is -2.09. The van der Waals surface area contributed by atoms with E-state index < -0.39 is 6.03 Å². The van der Waals surface area contributed by atoms with Crippen LogP contribution in [0.1, 0.15) is 11.3 Å². The molecule has 0 saturated carbocycles. The summed E-state index contributed by atoms with van der Waals surface area (Å²) in [5.74, 6) is -0.347. The number of thiazole rings is 1. The number of anilines is 1. The topological polar surface area (TPSA) is 83.6 Å². The van der Waals surface area contributed by atoms with Crippen molar-refractivity contribution in [1.29, 1.82) is 0 Å². The highest BCUT2D eigenvalue weighted by Gasteiger charge is 2.22. The Hall–Kier alpha value is -2.68. The van der Waals surface area contributed by atoms with Gasteiger partial charge in [-0.15, -0.1) is 11.3 Å². The summed E-state index contributed by atoms with van der Waals surface area (Å²) >= 11 is 1.26. The SMILES string of the molecule is O=C(NCc1cccc(F)c1)Nc1nc(CN2CCOC2=O)cs1. The van der Waals surface area contributed by atoms with Crippen LogP contribution in [0.2, 0.25) is 0 Å². The summed E-state index contributed by atoms with van der Waals surface area (Å²) in [6, 6.07) is 5.58. The summed E-state index contributed by atoms with van der Waals surface area (Å²) in [6.45, 7) is 1.48. The molecule has 0 atom stereocenters. The number of carbonyl (C=O) groups excluding carboxylic acids is 2. The first-order valence-corrected chi connectivity index (χ1v) is 8.13. The minimum atomic E-state index is -0.430. The smallest absolute Gasteiger partial charge is 0.410 e. The fourth-order valence-corrected chi connectivity index (χ4v) is 2.87. The molecule has 1 saturated heterocycles. The molecule has 1 fully saturated rings. The molecular formula is C15H15FN4O3S. The van der Waals surface area contributed by atoms with Crippen LogP contribution in [0.25, 0.3) is 0 Å². The molecule has 2 aromatic rings. The van der Waals surface area contributed by atoms with Crippen LogP contribution in [0.5, 0.6) is 0 Å². The van der Waals surface area contributed by atoms with Gasteiger partial charge in [-0.3, -0.25) is 10.2 Å². The number of nitrogens with one attached hydrogen (secondary N) is 2. The molecule has 126 valence electrons. The Kier molecular flexibility index (Phi) is 4.90. The van der Waals surface area contributed by atoms with Crippen molar-refractivity contribution in [2.75, 3.05) is 18.5 Å². The summed E-state index contributed by atoms with van der Waals surface area (Å²) in [4.78, 5) is 29.0. The molecule has 9 heteroatoms. The molecule has 0 spiro atoms. The third kappa shape index (κ3) is 4.19. The van der Waals surface area contributed by atoms with E-state index in [9.17, 15) is 14.0 Å². The summed E-state index contributed by atoms with van der Waals surface area (Å²) in [5, 5.41) is 7.44. The van der Waals surface area contributed by atoms with Crippen molar-refractivity contribution in [3.05, 3.63) is 46.7 Å². The second-order valence-corrected chi connectivity index (χ2v) is 5.98. The average Bonchev–Trinajstić information content (AvgIpc) is 3.15. The van der Waals surface area contributed by atoms with E-state index in [4.69, 9.17) is 4.74 Å². The first-order valence-electron chi connectivity index (χ1n) is 7.25. The lowest BCUT2D eigenvalue weighted by molar-refractivity contribution is 0.157. The van der Waals surface area contributed by atoms with Crippen LogP contribution < -0.4 is 10.6 Å². The molecule has 0 radical (unpaired) electrons. The van der Waals surface area contributed by atoms with Crippen molar-refractivity contribution < 1.29 is 18.7 Å². The highest BCUT2D eigenvalue weighted by molar-refractivity contribution is 7.13. The van der Waals surface area contributed by atoms with E-state index in [-0.39, 0.29) is 18.5 Å². The van der Waals surface area contributed by atoms with Gasteiger partial charge in [0, 0.05) is 11.9 Å². The summed E-state index contributed by atoms with van der Waals surface area (Å²) in [7, 11) is 0. The molecule has 0 bridgehead atoms. The van der Waals surface area contributed by atoms with Gasteiger partial charge in [-0.1, -0.05) is 12.1 Å². The summed E-state index contributed by atoms with van der Waals surface area (Å²) < 4.78 is 17.9. The molecule has 3 amide bonds. The van der Waals surface area contributed by atoms with Gasteiger partial charge in [-0.25, -0.2) is 19.0 Å². The third-order valence-corrected chi connectivity index (χ3v) is 4.12. The second-order valence-electron chi connectivity index (χ2n) is 5.12. The predicted molar refractivity (Wildman–Crippen MR) is 86.1 cm³/mol. The maximum absolute atomic E-state index is 13.1. The first kappa shape index (κ1) is 16.2. The van der Waals surface area contributed by atoms with Crippen molar-refractivity contribution >= 4 is 28.6 Å². The minimum Gasteiger partial charge on any atom is -0.448 e. The van der Waals surface area contributed by atoms with Crippen LogP contribution in [0, 0.1) is 5.82 Å². The minimum absolute atomic E-state index is 0.210. The number of hydrogen-bond donors (Lipinski definition) is 2. The normalized spacial score (nSPS) is 13.7. The fraction of sp³-hybridized carbons (Fsp3) is 0.267. The molecule has 0 unspecified atom stereocenters. The average molecular weight is 350 g/mol. The zero-order chi connectivity index (χ0) is 16.9. The van der Waals surface area contributed by atoms with Gasteiger partial charge in [0.2, 0.25) is 0 Å². The second kappa shape index (κ2) is 7.26. The highest BCUT2D eigenvalue weighted by Crippen LogP contribution is 2.18. The fourth-order valence-electron chi connectivity index (χ4n) is 2.17. The van der Waals surface area contributed by atoms with E-state index >= 15 is 0 Å². The highest BCUT2D eigenvalue weighted by atomic mass is 32.1. The summed E-state index contributed by atoms with van der Waals surface area (Å²) in [6.07, 6.45) is -0.356. The van der Waals surface area contributed by atoms with Gasteiger partial charge in [-0.05, 0) is 17.7 Å². The third-order valence-electron chi connectivity index (χ3n) is 3.31. The molecule has 1 aliphatic heterocycles. The predicted octanol–water partition coefficient (Wildman–Crippen LogP) is 2.56. The Morgan fingerprint density at radius 2 is 2.33 bits per heavy atom. The van der Waals surface area contributed by atoms with Crippen LogP contribution in [-0.4, -0.2) is 35.2 Å². The zero-order valence-corrected chi connectivity index (χ0v) is 13.4. The lowest BCUT2D eigenvalue weighted by atomic mass is 10.2. The van der Waals surface area contributed by atoms with Gasteiger partial charge in [0.05, 0.1) is 18.8 Å². The van der Waals surface area contributed by atoms with Crippen LogP contribution in [-0.2, 0) is 17.8 Å². The number of urea groups is 1. The Bertz CT molecular complexity index is 752. The number of cyclic esters (lactones) is 1. The Morgan fingerprint density at radius 1 is 1.46 bits per heavy atom. The number of rotatable bonds is 5. The molecule has 24 heavy (non-hydrogen) atoms. The molecule has 1 aromatic heterocycles. The molecular weight excluding hydrogens is 335 g/mol. The van der Waals surface area contributed by atoms with E-state index in [2.05, 4.69) is 15.6 Å². The van der Waals surface area contributed by atoms with E-state index in [0.717, 1.165) is 0 Å². The quantitative estimate of drug-likeness (QED) is 0.868. The number of carbonyl (C=O) groups is 2. The van der Waals surface area contributed by atoms with Gasteiger partial charge in [0.1, 0.15) is 12.4 Å². The van der Waals surface area contributed by atoms with E-state index in [1.807, 2.05) is 0 Å². The molecule has 1 aliphatic rings. The van der Waals surface area contributed by atoms with Crippen molar-refractivity contribution in [2.45, 2.75) is 13.1 Å². The number of amides is 3.